The lowest BCUT2D eigenvalue weighted by Crippen LogP contribution is -2.37. The molecule has 0 bridgehead atoms. The van der Waals surface area contributed by atoms with Crippen LogP contribution in [0.1, 0.15) is 23.2 Å². The standard InChI is InChI=1S/C52H37N3/c1-4-16-39(17-5-1)52(40-18-6-2-7-19-40)46-25-13-10-24-45(46)49-50(52)55(41-20-8-3-9-21-41)51(53-49)38-30-28-36(29-31-38)37-32-34-42(35-33-37)54-47-26-14-11-22-43(47)44-23-12-15-27-48(44)54/h1-18,20-35,40H,19H2. The molecule has 2 aliphatic carbocycles. The van der Waals surface area contributed by atoms with Gasteiger partial charge in [-0.2, -0.15) is 0 Å². The fourth-order valence-electron chi connectivity index (χ4n) is 9.45. The third kappa shape index (κ3) is 4.73. The van der Waals surface area contributed by atoms with Crippen LogP contribution in [0.3, 0.4) is 0 Å². The Morgan fingerprint density at radius 1 is 0.491 bits per heavy atom. The van der Waals surface area contributed by atoms with Crippen molar-refractivity contribution < 1.29 is 0 Å². The Bertz CT molecular complexity index is 2870. The molecule has 0 fully saturated rings. The normalized spacial score (nSPS) is 17.1. The fraction of sp³-hybridized carbons (Fsp3) is 0.0577. The maximum atomic E-state index is 5.60. The molecule has 0 amide bonds. The fourth-order valence-corrected chi connectivity index (χ4v) is 9.45. The lowest BCUT2D eigenvalue weighted by molar-refractivity contribution is 0.442. The molecule has 7 aromatic carbocycles. The van der Waals surface area contributed by atoms with E-state index in [1.165, 1.54) is 55.3 Å². The second-order valence-corrected chi connectivity index (χ2v) is 14.7. The molecule has 2 unspecified atom stereocenters. The summed E-state index contributed by atoms with van der Waals surface area (Å²) < 4.78 is 4.82. The molecule has 0 spiro atoms. The quantitative estimate of drug-likeness (QED) is 0.169. The highest BCUT2D eigenvalue weighted by atomic mass is 15.1. The maximum Gasteiger partial charge on any atom is 0.145 e. The zero-order valence-electron chi connectivity index (χ0n) is 30.3. The summed E-state index contributed by atoms with van der Waals surface area (Å²) in [6.45, 7) is 0. The van der Waals surface area contributed by atoms with Gasteiger partial charge in [0.05, 0.1) is 27.8 Å². The van der Waals surface area contributed by atoms with Crippen LogP contribution >= 0.6 is 0 Å². The zero-order chi connectivity index (χ0) is 36.3. The van der Waals surface area contributed by atoms with Gasteiger partial charge in [0.15, 0.2) is 0 Å². The van der Waals surface area contributed by atoms with Gasteiger partial charge in [0.1, 0.15) is 5.82 Å². The second-order valence-electron chi connectivity index (χ2n) is 14.7. The molecular formula is C52H37N3. The van der Waals surface area contributed by atoms with Crippen molar-refractivity contribution in [2.24, 2.45) is 5.92 Å². The molecule has 2 heterocycles. The van der Waals surface area contributed by atoms with Gasteiger partial charge in [0.2, 0.25) is 0 Å². The highest BCUT2D eigenvalue weighted by Crippen LogP contribution is 2.59. The first-order valence-corrected chi connectivity index (χ1v) is 19.2. The van der Waals surface area contributed by atoms with Crippen molar-refractivity contribution in [3.63, 3.8) is 0 Å². The number of para-hydroxylation sites is 3. The summed E-state index contributed by atoms with van der Waals surface area (Å²) in [6.07, 6.45) is 10.1. The SMILES string of the molecule is C1=CCC(C2(c3ccccc3)c3ccccc3-c3nc(-c4ccc(-c5ccc(-n6c7ccccc7c7ccccc76)cc5)cc4)n(-c4ccccc4)c32)C=C1. The number of benzene rings is 7. The van der Waals surface area contributed by atoms with E-state index in [0.29, 0.717) is 0 Å². The summed E-state index contributed by atoms with van der Waals surface area (Å²) >= 11 is 0. The van der Waals surface area contributed by atoms with Gasteiger partial charge >= 0.3 is 0 Å². The van der Waals surface area contributed by atoms with Crippen LogP contribution in [0.25, 0.3) is 67.0 Å². The van der Waals surface area contributed by atoms with Gasteiger partial charge in [0, 0.05) is 33.3 Å². The molecule has 0 N–H and O–H groups in total. The van der Waals surface area contributed by atoms with Crippen LogP contribution in [-0.2, 0) is 5.41 Å². The Hall–Kier alpha value is -6.97. The van der Waals surface area contributed by atoms with Crippen LogP contribution in [0, 0.1) is 5.92 Å². The molecule has 2 aliphatic rings. The topological polar surface area (TPSA) is 22.8 Å². The number of allylic oxidation sites excluding steroid dienone is 4. The molecule has 260 valence electrons. The van der Waals surface area contributed by atoms with E-state index < -0.39 is 5.41 Å². The van der Waals surface area contributed by atoms with Crippen LogP contribution in [0.2, 0.25) is 0 Å². The number of hydrogen-bond donors (Lipinski definition) is 0. The first-order valence-electron chi connectivity index (χ1n) is 19.2. The first kappa shape index (κ1) is 31.5. The van der Waals surface area contributed by atoms with Gasteiger partial charge < -0.3 is 4.57 Å². The lowest BCUT2D eigenvalue weighted by Gasteiger charge is -2.40. The van der Waals surface area contributed by atoms with Crippen molar-refractivity contribution in [3.05, 3.63) is 223 Å². The number of nitrogens with zero attached hydrogens (tertiary/aromatic N) is 3. The Labute approximate surface area is 320 Å². The van der Waals surface area contributed by atoms with Gasteiger partial charge in [-0.1, -0.05) is 170 Å². The van der Waals surface area contributed by atoms with Gasteiger partial charge in [0.25, 0.3) is 0 Å². The van der Waals surface area contributed by atoms with E-state index in [-0.39, 0.29) is 5.92 Å². The molecular weight excluding hydrogens is 667 g/mol. The second kappa shape index (κ2) is 12.6. The average Bonchev–Trinajstić information content (AvgIpc) is 3.91. The van der Waals surface area contributed by atoms with Crippen molar-refractivity contribution in [1.29, 1.82) is 0 Å². The van der Waals surface area contributed by atoms with Gasteiger partial charge in [-0.15, -0.1) is 0 Å². The minimum atomic E-state index is -0.437. The van der Waals surface area contributed by atoms with Gasteiger partial charge in [-0.3, -0.25) is 4.57 Å². The minimum Gasteiger partial charge on any atom is -0.309 e. The smallest absolute Gasteiger partial charge is 0.145 e. The van der Waals surface area contributed by atoms with E-state index in [1.807, 2.05) is 0 Å². The van der Waals surface area contributed by atoms with E-state index in [2.05, 4.69) is 215 Å². The molecule has 55 heavy (non-hydrogen) atoms. The van der Waals surface area contributed by atoms with E-state index in [4.69, 9.17) is 4.98 Å². The van der Waals surface area contributed by atoms with Crippen molar-refractivity contribution in [1.82, 2.24) is 14.1 Å². The number of aromatic nitrogens is 3. The maximum absolute atomic E-state index is 5.60. The third-order valence-electron chi connectivity index (χ3n) is 11.8. The number of hydrogen-bond acceptors (Lipinski definition) is 1. The van der Waals surface area contributed by atoms with Crippen LogP contribution in [-0.4, -0.2) is 14.1 Å². The van der Waals surface area contributed by atoms with Gasteiger partial charge in [-0.05, 0) is 71.0 Å². The Kier molecular flexibility index (Phi) is 7.21. The number of rotatable bonds is 6. The molecule has 2 aromatic heterocycles. The largest absolute Gasteiger partial charge is 0.309 e. The first-order chi connectivity index (χ1) is 27.3. The predicted molar refractivity (Wildman–Crippen MR) is 227 cm³/mol. The molecule has 3 heteroatoms. The molecule has 9 aromatic rings. The highest BCUT2D eigenvalue weighted by molar-refractivity contribution is 6.09. The summed E-state index contributed by atoms with van der Waals surface area (Å²) in [5, 5.41) is 2.54. The minimum absolute atomic E-state index is 0.210. The van der Waals surface area contributed by atoms with Crippen LogP contribution < -0.4 is 0 Å². The van der Waals surface area contributed by atoms with Crippen molar-refractivity contribution >= 4 is 21.8 Å². The van der Waals surface area contributed by atoms with Crippen molar-refractivity contribution in [2.45, 2.75) is 11.8 Å². The van der Waals surface area contributed by atoms with Crippen LogP contribution in [0.15, 0.2) is 206 Å². The Morgan fingerprint density at radius 3 is 1.73 bits per heavy atom. The summed E-state index contributed by atoms with van der Waals surface area (Å²) in [5.41, 5.74) is 13.8. The molecule has 11 rings (SSSR count). The highest BCUT2D eigenvalue weighted by Gasteiger charge is 2.53. The molecule has 0 radical (unpaired) electrons. The third-order valence-corrected chi connectivity index (χ3v) is 11.8. The summed E-state index contributed by atoms with van der Waals surface area (Å²) in [5.74, 6) is 1.16. The molecule has 2 atom stereocenters. The summed E-state index contributed by atoms with van der Waals surface area (Å²) in [6, 6.07) is 66.1. The van der Waals surface area contributed by atoms with E-state index >= 15 is 0 Å². The molecule has 0 aliphatic heterocycles. The van der Waals surface area contributed by atoms with E-state index in [0.717, 1.165) is 34.9 Å². The van der Waals surface area contributed by atoms with E-state index in [1.54, 1.807) is 0 Å². The Morgan fingerprint density at radius 2 is 1.05 bits per heavy atom. The van der Waals surface area contributed by atoms with Crippen molar-refractivity contribution in [2.75, 3.05) is 0 Å². The zero-order valence-corrected chi connectivity index (χ0v) is 30.3. The van der Waals surface area contributed by atoms with Gasteiger partial charge in [-0.25, -0.2) is 4.98 Å². The monoisotopic (exact) mass is 703 g/mol. The molecule has 0 saturated carbocycles. The van der Waals surface area contributed by atoms with Crippen molar-refractivity contribution in [3.8, 4) is 45.1 Å². The summed E-state index contributed by atoms with van der Waals surface area (Å²) in [4.78, 5) is 5.60. The van der Waals surface area contributed by atoms with Crippen LogP contribution in [0.4, 0.5) is 0 Å². The number of fused-ring (bicyclic) bond motifs is 6. The lowest BCUT2D eigenvalue weighted by atomic mass is 9.64. The van der Waals surface area contributed by atoms with Crippen LogP contribution in [0.5, 0.6) is 0 Å². The number of imidazole rings is 1. The average molecular weight is 704 g/mol. The van der Waals surface area contributed by atoms with E-state index in [9.17, 15) is 0 Å². The predicted octanol–water partition coefficient (Wildman–Crippen LogP) is 12.8. The Balaban J connectivity index is 1.05. The molecule has 3 nitrogen and oxygen atoms in total. The summed E-state index contributed by atoms with van der Waals surface area (Å²) in [7, 11) is 0. The molecule has 0 saturated heterocycles.